The van der Waals surface area contributed by atoms with Crippen molar-refractivity contribution in [3.8, 4) is 6.07 Å². The van der Waals surface area contributed by atoms with Crippen molar-refractivity contribution in [3.63, 3.8) is 0 Å². The van der Waals surface area contributed by atoms with E-state index in [4.69, 9.17) is 5.26 Å². The number of nitrogens with one attached hydrogen (secondary N) is 2. The highest BCUT2D eigenvalue weighted by Gasteiger charge is 2.09. The predicted molar refractivity (Wildman–Crippen MR) is 82.4 cm³/mol. The zero-order valence-electron chi connectivity index (χ0n) is 10.9. The van der Waals surface area contributed by atoms with E-state index < -0.39 is 5.82 Å². The van der Waals surface area contributed by atoms with Crippen molar-refractivity contribution in [3.05, 3.63) is 58.3 Å². The minimum atomic E-state index is -0.616. The van der Waals surface area contributed by atoms with Gasteiger partial charge in [0.15, 0.2) is 0 Å². The van der Waals surface area contributed by atoms with Crippen LogP contribution >= 0.6 is 15.9 Å². The van der Waals surface area contributed by atoms with Gasteiger partial charge in [0.05, 0.1) is 12.2 Å². The molecule has 0 unspecified atom stereocenters. The average molecular weight is 348 g/mol. The highest BCUT2D eigenvalue weighted by Crippen LogP contribution is 2.18. The summed E-state index contributed by atoms with van der Waals surface area (Å²) in [5.41, 5.74) is 0.838. The quantitative estimate of drug-likeness (QED) is 0.889. The Bertz CT molecular complexity index is 712. The molecule has 4 nitrogen and oxygen atoms in total. The molecule has 6 heteroatoms. The molecule has 0 aliphatic heterocycles. The summed E-state index contributed by atoms with van der Waals surface area (Å²) in [5.74, 6) is -0.906. The Kier molecular flexibility index (Phi) is 4.90. The smallest absolute Gasteiger partial charge is 0.243 e. The molecule has 2 rings (SSSR count). The van der Waals surface area contributed by atoms with E-state index in [1.54, 1.807) is 30.3 Å². The second kappa shape index (κ2) is 6.86. The fraction of sp³-hybridized carbons (Fsp3) is 0.0667. The summed E-state index contributed by atoms with van der Waals surface area (Å²) in [6.07, 6.45) is 0. The summed E-state index contributed by atoms with van der Waals surface area (Å²) in [7, 11) is 0. The molecule has 0 bridgehead atoms. The Morgan fingerprint density at radius 1 is 1.29 bits per heavy atom. The Balaban J connectivity index is 1.99. The first-order valence-electron chi connectivity index (χ1n) is 6.08. The van der Waals surface area contributed by atoms with E-state index >= 15 is 0 Å². The van der Waals surface area contributed by atoms with Gasteiger partial charge in [0.2, 0.25) is 5.91 Å². The molecule has 21 heavy (non-hydrogen) atoms. The number of carbonyl (C=O) groups is 1. The van der Waals surface area contributed by atoms with Gasteiger partial charge in [-0.2, -0.15) is 5.26 Å². The normalized spacial score (nSPS) is 9.76. The van der Waals surface area contributed by atoms with Crippen LogP contribution in [0.1, 0.15) is 5.56 Å². The van der Waals surface area contributed by atoms with E-state index in [1.807, 2.05) is 6.07 Å². The van der Waals surface area contributed by atoms with Crippen molar-refractivity contribution >= 4 is 33.2 Å². The molecule has 0 aliphatic rings. The number of anilines is 2. The highest BCUT2D eigenvalue weighted by molar-refractivity contribution is 9.10. The van der Waals surface area contributed by atoms with Gasteiger partial charge in [0.1, 0.15) is 17.4 Å². The SMILES string of the molecule is N#Cc1c(F)cccc1NCC(=O)Nc1cccc(Br)c1. The number of nitriles is 1. The zero-order chi connectivity index (χ0) is 15.2. The van der Waals surface area contributed by atoms with Gasteiger partial charge in [0, 0.05) is 10.2 Å². The van der Waals surface area contributed by atoms with E-state index in [-0.39, 0.29) is 18.0 Å². The molecule has 0 saturated heterocycles. The summed E-state index contributed by atoms with van der Waals surface area (Å²) in [6.45, 7) is -0.0648. The predicted octanol–water partition coefficient (Wildman–Crippen LogP) is 3.51. The van der Waals surface area contributed by atoms with Crippen LogP contribution in [0, 0.1) is 17.1 Å². The van der Waals surface area contributed by atoms with Crippen molar-refractivity contribution in [2.45, 2.75) is 0 Å². The van der Waals surface area contributed by atoms with Crippen LogP contribution in [0.25, 0.3) is 0 Å². The number of carbonyl (C=O) groups excluding carboxylic acids is 1. The van der Waals surface area contributed by atoms with Crippen molar-refractivity contribution < 1.29 is 9.18 Å². The van der Waals surface area contributed by atoms with Crippen LogP contribution in [0.4, 0.5) is 15.8 Å². The fourth-order valence-electron chi connectivity index (χ4n) is 1.73. The lowest BCUT2D eigenvalue weighted by atomic mass is 10.2. The summed E-state index contributed by atoms with van der Waals surface area (Å²) in [5, 5.41) is 14.3. The van der Waals surface area contributed by atoms with Gasteiger partial charge in [-0.1, -0.05) is 28.1 Å². The van der Waals surface area contributed by atoms with Crippen molar-refractivity contribution in [2.75, 3.05) is 17.2 Å². The number of halogens is 2. The molecule has 0 heterocycles. The van der Waals surface area contributed by atoms with E-state index in [1.165, 1.54) is 12.1 Å². The maximum atomic E-state index is 13.4. The number of nitrogens with zero attached hydrogens (tertiary/aromatic N) is 1. The fourth-order valence-corrected chi connectivity index (χ4v) is 2.13. The molecule has 0 atom stereocenters. The Hall–Kier alpha value is -2.39. The maximum absolute atomic E-state index is 13.4. The van der Waals surface area contributed by atoms with Crippen LogP contribution in [0.5, 0.6) is 0 Å². The molecular weight excluding hydrogens is 337 g/mol. The third kappa shape index (κ3) is 4.04. The van der Waals surface area contributed by atoms with Gasteiger partial charge in [-0.15, -0.1) is 0 Å². The standard InChI is InChI=1S/C15H11BrFN3O/c16-10-3-1-4-11(7-10)20-15(21)9-19-14-6-2-5-13(17)12(14)8-18/h1-7,19H,9H2,(H,20,21). The molecule has 106 valence electrons. The summed E-state index contributed by atoms with van der Waals surface area (Å²) < 4.78 is 14.2. The number of rotatable bonds is 4. The van der Waals surface area contributed by atoms with Crippen LogP contribution in [0.15, 0.2) is 46.9 Å². The minimum absolute atomic E-state index is 0.0648. The topological polar surface area (TPSA) is 64.9 Å². The Labute approximate surface area is 129 Å². The van der Waals surface area contributed by atoms with Gasteiger partial charge >= 0.3 is 0 Å². The first kappa shape index (κ1) is 15.0. The average Bonchev–Trinajstić information content (AvgIpc) is 2.45. The summed E-state index contributed by atoms with van der Waals surface area (Å²) in [4.78, 5) is 11.8. The van der Waals surface area contributed by atoms with Gasteiger partial charge in [-0.05, 0) is 30.3 Å². The lowest BCUT2D eigenvalue weighted by molar-refractivity contribution is -0.114. The molecule has 0 saturated carbocycles. The van der Waals surface area contributed by atoms with Crippen molar-refractivity contribution in [1.82, 2.24) is 0 Å². The van der Waals surface area contributed by atoms with Gasteiger partial charge in [-0.25, -0.2) is 4.39 Å². The van der Waals surface area contributed by atoms with Crippen LogP contribution < -0.4 is 10.6 Å². The van der Waals surface area contributed by atoms with E-state index in [0.717, 1.165) is 4.47 Å². The maximum Gasteiger partial charge on any atom is 0.243 e. The molecule has 2 aromatic carbocycles. The number of amides is 1. The second-order valence-electron chi connectivity index (χ2n) is 4.19. The molecule has 0 spiro atoms. The molecule has 1 amide bonds. The van der Waals surface area contributed by atoms with Gasteiger partial charge in [0.25, 0.3) is 0 Å². The molecule has 0 aliphatic carbocycles. The molecular formula is C15H11BrFN3O. The van der Waals surface area contributed by atoms with Crippen molar-refractivity contribution in [2.24, 2.45) is 0 Å². The lowest BCUT2D eigenvalue weighted by Gasteiger charge is -2.09. The van der Waals surface area contributed by atoms with E-state index in [2.05, 4.69) is 26.6 Å². The summed E-state index contributed by atoms with van der Waals surface area (Å²) >= 11 is 3.31. The summed E-state index contributed by atoms with van der Waals surface area (Å²) in [6, 6.07) is 13.2. The Morgan fingerprint density at radius 3 is 2.76 bits per heavy atom. The molecule has 0 radical (unpaired) electrons. The molecule has 0 aromatic heterocycles. The second-order valence-corrected chi connectivity index (χ2v) is 5.10. The first-order valence-corrected chi connectivity index (χ1v) is 6.87. The number of benzene rings is 2. The number of hydrogen-bond acceptors (Lipinski definition) is 3. The minimum Gasteiger partial charge on any atom is -0.375 e. The van der Waals surface area contributed by atoms with Gasteiger partial charge < -0.3 is 10.6 Å². The van der Waals surface area contributed by atoms with Crippen molar-refractivity contribution in [1.29, 1.82) is 5.26 Å². The van der Waals surface area contributed by atoms with Crippen LogP contribution in [-0.4, -0.2) is 12.5 Å². The largest absolute Gasteiger partial charge is 0.375 e. The third-order valence-electron chi connectivity index (χ3n) is 2.67. The zero-order valence-corrected chi connectivity index (χ0v) is 12.4. The molecule has 2 aromatic rings. The monoisotopic (exact) mass is 347 g/mol. The van der Waals surface area contributed by atoms with Crippen LogP contribution in [-0.2, 0) is 4.79 Å². The van der Waals surface area contributed by atoms with Gasteiger partial charge in [-0.3, -0.25) is 4.79 Å². The highest BCUT2D eigenvalue weighted by atomic mass is 79.9. The lowest BCUT2D eigenvalue weighted by Crippen LogP contribution is -2.22. The number of hydrogen-bond donors (Lipinski definition) is 2. The van der Waals surface area contributed by atoms with Crippen LogP contribution in [0.2, 0.25) is 0 Å². The first-order chi connectivity index (χ1) is 10.1. The third-order valence-corrected chi connectivity index (χ3v) is 3.17. The van der Waals surface area contributed by atoms with E-state index in [9.17, 15) is 9.18 Å². The Morgan fingerprint density at radius 2 is 2.05 bits per heavy atom. The van der Waals surface area contributed by atoms with E-state index in [0.29, 0.717) is 11.4 Å². The molecule has 2 N–H and O–H groups in total. The van der Waals surface area contributed by atoms with Crippen LogP contribution in [0.3, 0.4) is 0 Å². The molecule has 0 fully saturated rings.